The van der Waals surface area contributed by atoms with E-state index in [-0.39, 0.29) is 17.6 Å². The normalized spacial score (nSPS) is 10.7. The lowest BCUT2D eigenvalue weighted by atomic mass is 9.94. The number of aromatic hydroxyl groups is 1. The number of esters is 1. The summed E-state index contributed by atoms with van der Waals surface area (Å²) in [5.41, 5.74) is 1.46. The maximum atomic E-state index is 14.3. The van der Waals surface area contributed by atoms with Gasteiger partial charge in [-0.2, -0.15) is 0 Å². The second-order valence-electron chi connectivity index (χ2n) is 5.07. The fraction of sp³-hybridized carbons (Fsp3) is 0.105. The Labute approximate surface area is 132 Å². The van der Waals surface area contributed by atoms with E-state index in [0.29, 0.717) is 10.9 Å². The van der Waals surface area contributed by atoms with E-state index in [1.165, 1.54) is 6.07 Å². The molecule has 0 saturated carbocycles. The zero-order valence-electron chi connectivity index (χ0n) is 12.5. The highest BCUT2D eigenvalue weighted by Crippen LogP contribution is 2.38. The van der Waals surface area contributed by atoms with Crippen LogP contribution in [0.4, 0.5) is 4.39 Å². The van der Waals surface area contributed by atoms with Crippen molar-refractivity contribution in [1.29, 1.82) is 0 Å². The Hall–Kier alpha value is -2.88. The molecule has 0 radical (unpaired) electrons. The Kier molecular flexibility index (Phi) is 3.98. The number of phenolic OH excluding ortho intramolecular Hbond substituents is 1. The van der Waals surface area contributed by atoms with Crippen molar-refractivity contribution in [3.8, 4) is 16.9 Å². The smallest absolute Gasteiger partial charge is 0.341 e. The van der Waals surface area contributed by atoms with Crippen LogP contribution in [0.15, 0.2) is 54.6 Å². The van der Waals surface area contributed by atoms with Crippen LogP contribution in [-0.2, 0) is 4.74 Å². The summed E-state index contributed by atoms with van der Waals surface area (Å²) in [5.74, 6) is -1.65. The number of hydrogen-bond acceptors (Lipinski definition) is 3. The van der Waals surface area contributed by atoms with Crippen molar-refractivity contribution in [3.05, 3.63) is 66.0 Å². The van der Waals surface area contributed by atoms with Gasteiger partial charge in [0.2, 0.25) is 0 Å². The van der Waals surface area contributed by atoms with Gasteiger partial charge in [-0.05, 0) is 35.6 Å². The van der Waals surface area contributed by atoms with Crippen LogP contribution in [0.5, 0.6) is 5.75 Å². The summed E-state index contributed by atoms with van der Waals surface area (Å²) in [6, 6.07) is 15.4. The lowest BCUT2D eigenvalue weighted by Crippen LogP contribution is -2.06. The zero-order chi connectivity index (χ0) is 16.4. The molecule has 0 heterocycles. The van der Waals surface area contributed by atoms with Crippen LogP contribution in [0.1, 0.15) is 17.3 Å². The Bertz CT molecular complexity index is 873. The van der Waals surface area contributed by atoms with E-state index in [1.807, 2.05) is 30.3 Å². The van der Waals surface area contributed by atoms with Crippen LogP contribution in [-0.4, -0.2) is 17.7 Å². The quantitative estimate of drug-likeness (QED) is 0.723. The molecule has 0 amide bonds. The third-order valence-corrected chi connectivity index (χ3v) is 3.66. The Morgan fingerprint density at radius 2 is 1.87 bits per heavy atom. The Morgan fingerprint density at radius 1 is 1.13 bits per heavy atom. The molecule has 116 valence electrons. The molecule has 0 saturated heterocycles. The van der Waals surface area contributed by atoms with Crippen LogP contribution < -0.4 is 0 Å². The summed E-state index contributed by atoms with van der Waals surface area (Å²) in [6.45, 7) is 1.85. The number of hydrogen-bond donors (Lipinski definition) is 1. The van der Waals surface area contributed by atoms with Gasteiger partial charge >= 0.3 is 5.97 Å². The summed E-state index contributed by atoms with van der Waals surface area (Å²) >= 11 is 0. The molecule has 3 nitrogen and oxygen atoms in total. The predicted octanol–water partition coefficient (Wildman–Crippen LogP) is 4.53. The highest BCUT2D eigenvalue weighted by molar-refractivity contribution is 6.07. The third kappa shape index (κ3) is 2.63. The van der Waals surface area contributed by atoms with E-state index >= 15 is 0 Å². The lowest BCUT2D eigenvalue weighted by molar-refractivity contribution is 0.0523. The first-order valence-corrected chi connectivity index (χ1v) is 7.30. The molecule has 0 spiro atoms. The average molecular weight is 310 g/mol. The highest BCUT2D eigenvalue weighted by Gasteiger charge is 2.20. The van der Waals surface area contributed by atoms with Gasteiger partial charge in [-0.1, -0.05) is 42.5 Å². The first kappa shape index (κ1) is 15.0. The van der Waals surface area contributed by atoms with Crippen molar-refractivity contribution in [2.75, 3.05) is 6.61 Å². The zero-order valence-corrected chi connectivity index (χ0v) is 12.5. The second kappa shape index (κ2) is 6.08. The fourth-order valence-corrected chi connectivity index (χ4v) is 2.64. The number of fused-ring (bicyclic) bond motifs is 1. The van der Waals surface area contributed by atoms with E-state index in [0.717, 1.165) is 5.56 Å². The number of carbonyl (C=O) groups excluding carboxylic acids is 1. The van der Waals surface area contributed by atoms with E-state index in [1.54, 1.807) is 25.1 Å². The molecule has 1 N–H and O–H groups in total. The van der Waals surface area contributed by atoms with E-state index in [2.05, 4.69) is 0 Å². The van der Waals surface area contributed by atoms with Crippen LogP contribution in [0, 0.1) is 5.82 Å². The molecule has 23 heavy (non-hydrogen) atoms. The summed E-state index contributed by atoms with van der Waals surface area (Å²) in [7, 11) is 0. The fourth-order valence-electron chi connectivity index (χ4n) is 2.64. The summed E-state index contributed by atoms with van der Waals surface area (Å²) in [5, 5.41) is 10.9. The largest absolute Gasteiger partial charge is 0.506 e. The molecular formula is C19H15FO3. The standard InChI is InChI=1S/C19H15FO3/c1-2-23-19(22)15-11-14(12-7-4-3-5-8-12)13-9-6-10-16(20)17(13)18(15)21/h3-11,21H,2H2,1H3. The first-order valence-electron chi connectivity index (χ1n) is 7.30. The lowest BCUT2D eigenvalue weighted by Gasteiger charge is -2.13. The van der Waals surface area contributed by atoms with Gasteiger partial charge in [0.25, 0.3) is 0 Å². The molecule has 0 bridgehead atoms. The van der Waals surface area contributed by atoms with Crippen molar-refractivity contribution in [1.82, 2.24) is 0 Å². The number of benzene rings is 3. The number of rotatable bonds is 3. The van der Waals surface area contributed by atoms with Crippen molar-refractivity contribution < 1.29 is 19.0 Å². The number of carbonyl (C=O) groups is 1. The van der Waals surface area contributed by atoms with Gasteiger partial charge in [0.1, 0.15) is 17.1 Å². The van der Waals surface area contributed by atoms with Gasteiger partial charge < -0.3 is 9.84 Å². The molecule has 0 aromatic heterocycles. The minimum absolute atomic E-state index is 0.0249. The molecule has 0 aliphatic rings. The minimum atomic E-state index is -0.674. The van der Waals surface area contributed by atoms with Gasteiger partial charge in [0.15, 0.2) is 0 Å². The van der Waals surface area contributed by atoms with Crippen molar-refractivity contribution in [3.63, 3.8) is 0 Å². The number of halogens is 1. The van der Waals surface area contributed by atoms with Crippen LogP contribution in [0.3, 0.4) is 0 Å². The summed E-state index contributed by atoms with van der Waals surface area (Å²) in [6.07, 6.45) is 0. The molecule has 4 heteroatoms. The van der Waals surface area contributed by atoms with Crippen LogP contribution in [0.25, 0.3) is 21.9 Å². The summed E-state index contributed by atoms with van der Waals surface area (Å²) in [4.78, 5) is 12.1. The minimum Gasteiger partial charge on any atom is -0.506 e. The molecule has 0 aliphatic carbocycles. The van der Waals surface area contributed by atoms with Gasteiger partial charge in [0.05, 0.1) is 12.0 Å². The van der Waals surface area contributed by atoms with Crippen molar-refractivity contribution in [2.45, 2.75) is 6.92 Å². The van der Waals surface area contributed by atoms with Crippen LogP contribution in [0.2, 0.25) is 0 Å². The topological polar surface area (TPSA) is 46.5 Å². The van der Waals surface area contributed by atoms with Crippen molar-refractivity contribution >= 4 is 16.7 Å². The predicted molar refractivity (Wildman–Crippen MR) is 87.0 cm³/mol. The third-order valence-electron chi connectivity index (χ3n) is 3.66. The summed E-state index contributed by atoms with van der Waals surface area (Å²) < 4.78 is 19.2. The molecular weight excluding hydrogens is 295 g/mol. The molecule has 3 aromatic carbocycles. The molecule has 0 fully saturated rings. The first-order chi connectivity index (χ1) is 11.1. The van der Waals surface area contributed by atoms with Gasteiger partial charge in [-0.25, -0.2) is 9.18 Å². The molecule has 0 aliphatic heterocycles. The highest BCUT2D eigenvalue weighted by atomic mass is 19.1. The Balaban J connectivity index is 2.37. The molecule has 0 unspecified atom stereocenters. The number of phenols is 1. The monoisotopic (exact) mass is 310 g/mol. The second-order valence-corrected chi connectivity index (χ2v) is 5.07. The maximum Gasteiger partial charge on any atom is 0.341 e. The van der Waals surface area contributed by atoms with Gasteiger partial charge in [0, 0.05) is 0 Å². The molecule has 3 rings (SSSR count). The van der Waals surface area contributed by atoms with Crippen molar-refractivity contribution in [2.24, 2.45) is 0 Å². The average Bonchev–Trinajstić information content (AvgIpc) is 2.56. The van der Waals surface area contributed by atoms with E-state index in [4.69, 9.17) is 4.74 Å². The van der Waals surface area contributed by atoms with Gasteiger partial charge in [-0.3, -0.25) is 0 Å². The maximum absolute atomic E-state index is 14.3. The van der Waals surface area contributed by atoms with Gasteiger partial charge in [-0.15, -0.1) is 0 Å². The van der Waals surface area contributed by atoms with E-state index in [9.17, 15) is 14.3 Å². The van der Waals surface area contributed by atoms with Crippen LogP contribution >= 0.6 is 0 Å². The number of ether oxygens (including phenoxy) is 1. The van der Waals surface area contributed by atoms with E-state index < -0.39 is 17.5 Å². The molecule has 3 aromatic rings. The SMILES string of the molecule is CCOC(=O)c1cc(-c2ccccc2)c2cccc(F)c2c1O. The Morgan fingerprint density at radius 3 is 2.57 bits per heavy atom. The molecule has 0 atom stereocenters.